The molecule has 4 rings (SSSR count). The van der Waals surface area contributed by atoms with Gasteiger partial charge in [0.1, 0.15) is 0 Å². The minimum Gasteiger partial charge on any atom is -0.342 e. The van der Waals surface area contributed by atoms with Crippen molar-refractivity contribution in [2.24, 2.45) is 0 Å². The molecule has 1 saturated heterocycles. The zero-order valence-electron chi connectivity index (χ0n) is 16.3. The Kier molecular flexibility index (Phi) is 5.83. The molecule has 0 spiro atoms. The van der Waals surface area contributed by atoms with E-state index in [9.17, 15) is 9.59 Å². The Hall–Kier alpha value is -1.73. The summed E-state index contributed by atoms with van der Waals surface area (Å²) < 4.78 is 1.68. The van der Waals surface area contributed by atoms with Crippen molar-refractivity contribution in [2.45, 2.75) is 54.8 Å². The molecule has 0 radical (unpaired) electrons. The van der Waals surface area contributed by atoms with E-state index in [-0.39, 0.29) is 11.5 Å². The highest BCUT2D eigenvalue weighted by Gasteiger charge is 2.27. The molecule has 2 aromatic rings. The molecular weight excluding hydrogens is 390 g/mol. The molecule has 0 bridgehead atoms. The molecule has 2 aliphatic rings. The third-order valence-electron chi connectivity index (χ3n) is 5.21. The fourth-order valence-corrected chi connectivity index (χ4v) is 5.71. The van der Waals surface area contributed by atoms with Crippen molar-refractivity contribution in [1.29, 1.82) is 0 Å². The maximum atomic E-state index is 13.3. The lowest BCUT2D eigenvalue weighted by Crippen LogP contribution is -2.37. The molecule has 0 N–H and O–H groups in total. The zero-order chi connectivity index (χ0) is 19.7. The van der Waals surface area contributed by atoms with E-state index < -0.39 is 0 Å². The van der Waals surface area contributed by atoms with Gasteiger partial charge in [0.25, 0.3) is 5.56 Å². The summed E-state index contributed by atoms with van der Waals surface area (Å²) in [6.45, 7) is 5.83. The number of hydrogen-bond acceptors (Lipinski definition) is 5. The molecule has 0 aliphatic carbocycles. The van der Waals surface area contributed by atoms with Gasteiger partial charge in [-0.25, -0.2) is 4.98 Å². The largest absolute Gasteiger partial charge is 0.342 e. The summed E-state index contributed by atoms with van der Waals surface area (Å²) in [6.07, 6.45) is 4.16. The number of aromatic nitrogens is 2. The van der Waals surface area contributed by atoms with Gasteiger partial charge in [-0.3, -0.25) is 14.2 Å². The summed E-state index contributed by atoms with van der Waals surface area (Å²) in [4.78, 5) is 33.4. The van der Waals surface area contributed by atoms with Gasteiger partial charge in [0.15, 0.2) is 5.16 Å². The first-order valence-electron chi connectivity index (χ1n) is 9.83. The fourth-order valence-electron chi connectivity index (χ4n) is 3.68. The Morgan fingerprint density at radius 2 is 1.93 bits per heavy atom. The van der Waals surface area contributed by atoms with Gasteiger partial charge in [0, 0.05) is 24.8 Å². The number of likely N-dealkylation sites (tertiary alicyclic amines) is 1. The van der Waals surface area contributed by atoms with Gasteiger partial charge in [-0.05, 0) is 38.3 Å². The average Bonchev–Trinajstić information content (AvgIpc) is 3.08. The van der Waals surface area contributed by atoms with Gasteiger partial charge < -0.3 is 4.90 Å². The predicted octanol–water partition coefficient (Wildman–Crippen LogP) is 3.68. The van der Waals surface area contributed by atoms with E-state index in [1.165, 1.54) is 18.2 Å². The number of rotatable bonds is 4. The zero-order valence-corrected chi connectivity index (χ0v) is 17.9. The van der Waals surface area contributed by atoms with Crippen LogP contribution in [0.1, 0.15) is 37.4 Å². The second kappa shape index (κ2) is 8.33. The first kappa shape index (κ1) is 19.6. The molecule has 2 aliphatic heterocycles. The maximum absolute atomic E-state index is 13.3. The van der Waals surface area contributed by atoms with Crippen LogP contribution in [0.3, 0.4) is 0 Å². The summed E-state index contributed by atoms with van der Waals surface area (Å²) in [7, 11) is 0. The highest BCUT2D eigenvalue weighted by atomic mass is 32.2. The van der Waals surface area contributed by atoms with Crippen LogP contribution in [0.4, 0.5) is 0 Å². The summed E-state index contributed by atoms with van der Waals surface area (Å²) in [5, 5.41) is 0.976. The Balaban J connectivity index is 1.66. The Morgan fingerprint density at radius 1 is 1.21 bits per heavy atom. The standard InChI is InChI=1S/C21H25N3O2S2/c1-14-6-8-16(9-7-14)24-20(26)19-17(12-15(2)28-19)22-21(24)27-13-18(25)23-10-4-3-5-11-23/h6-9,15H,3-5,10-13H2,1-2H3/t15-/m0/s1. The van der Waals surface area contributed by atoms with E-state index >= 15 is 0 Å². The van der Waals surface area contributed by atoms with Gasteiger partial charge in [-0.1, -0.05) is 36.4 Å². The number of fused-ring (bicyclic) bond motifs is 1. The van der Waals surface area contributed by atoms with Gasteiger partial charge in [-0.2, -0.15) is 0 Å². The topological polar surface area (TPSA) is 55.2 Å². The molecule has 1 aromatic carbocycles. The van der Waals surface area contributed by atoms with Crippen LogP contribution in [0, 0.1) is 6.92 Å². The molecule has 1 aromatic heterocycles. The molecule has 3 heterocycles. The monoisotopic (exact) mass is 415 g/mol. The number of nitrogens with zero attached hydrogens (tertiary/aromatic N) is 3. The summed E-state index contributed by atoms with van der Waals surface area (Å²) in [6, 6.07) is 7.89. The number of carbonyl (C=O) groups is 1. The van der Waals surface area contributed by atoms with E-state index in [4.69, 9.17) is 4.98 Å². The summed E-state index contributed by atoms with van der Waals surface area (Å²) in [5.41, 5.74) is 2.80. The first-order valence-corrected chi connectivity index (χ1v) is 11.7. The molecule has 148 valence electrons. The van der Waals surface area contributed by atoms with Gasteiger partial charge in [0.2, 0.25) is 5.91 Å². The van der Waals surface area contributed by atoms with Crippen molar-refractivity contribution in [1.82, 2.24) is 14.5 Å². The van der Waals surface area contributed by atoms with Crippen LogP contribution in [0.5, 0.6) is 0 Å². The molecule has 1 atom stereocenters. The quantitative estimate of drug-likeness (QED) is 0.563. The van der Waals surface area contributed by atoms with E-state index in [1.807, 2.05) is 36.1 Å². The third-order valence-corrected chi connectivity index (χ3v) is 7.35. The van der Waals surface area contributed by atoms with Gasteiger partial charge in [-0.15, -0.1) is 11.8 Å². The molecule has 0 unspecified atom stereocenters. The Labute approximate surface area is 173 Å². The number of benzene rings is 1. The molecule has 5 nitrogen and oxygen atoms in total. The maximum Gasteiger partial charge on any atom is 0.272 e. The van der Waals surface area contributed by atoms with Crippen LogP contribution in [0.25, 0.3) is 5.69 Å². The van der Waals surface area contributed by atoms with Crippen molar-refractivity contribution >= 4 is 29.4 Å². The van der Waals surface area contributed by atoms with Crippen LogP contribution < -0.4 is 5.56 Å². The summed E-state index contributed by atoms with van der Waals surface area (Å²) >= 11 is 2.99. The number of hydrogen-bond donors (Lipinski definition) is 0. The number of amides is 1. The van der Waals surface area contributed by atoms with Crippen LogP contribution in [-0.4, -0.2) is 44.5 Å². The predicted molar refractivity (Wildman–Crippen MR) is 115 cm³/mol. The third kappa shape index (κ3) is 4.01. The van der Waals surface area contributed by atoms with Crippen molar-refractivity contribution in [3.63, 3.8) is 0 Å². The lowest BCUT2D eigenvalue weighted by molar-refractivity contribution is -0.129. The number of thioether (sulfide) groups is 2. The smallest absolute Gasteiger partial charge is 0.272 e. The van der Waals surface area contributed by atoms with Crippen molar-refractivity contribution < 1.29 is 4.79 Å². The lowest BCUT2D eigenvalue weighted by Gasteiger charge is -2.26. The highest BCUT2D eigenvalue weighted by Crippen LogP contribution is 2.35. The molecule has 7 heteroatoms. The molecular formula is C21H25N3O2S2. The molecule has 0 saturated carbocycles. The second-order valence-corrected chi connectivity index (χ2v) is 9.90. The molecule has 1 fully saturated rings. The van der Waals surface area contributed by atoms with Gasteiger partial charge >= 0.3 is 0 Å². The number of carbonyl (C=O) groups excluding carboxylic acids is 1. The van der Waals surface area contributed by atoms with Crippen molar-refractivity contribution in [3.8, 4) is 5.69 Å². The van der Waals surface area contributed by atoms with E-state index in [0.717, 1.165) is 54.2 Å². The van der Waals surface area contributed by atoms with Crippen LogP contribution in [0.15, 0.2) is 39.1 Å². The Morgan fingerprint density at radius 3 is 2.64 bits per heavy atom. The highest BCUT2D eigenvalue weighted by molar-refractivity contribution is 8.00. The van der Waals surface area contributed by atoms with E-state index in [0.29, 0.717) is 16.2 Å². The fraction of sp³-hybridized carbons (Fsp3) is 0.476. The number of aryl methyl sites for hydroxylation is 1. The minimum absolute atomic E-state index is 0.0175. The van der Waals surface area contributed by atoms with Crippen LogP contribution in [-0.2, 0) is 11.2 Å². The van der Waals surface area contributed by atoms with E-state index in [2.05, 4.69) is 6.92 Å². The Bertz CT molecular complexity index is 934. The normalized spacial score (nSPS) is 18.9. The lowest BCUT2D eigenvalue weighted by atomic mass is 10.1. The minimum atomic E-state index is -0.0175. The SMILES string of the molecule is Cc1ccc(-n2c(SCC(=O)N3CCCCC3)nc3c(c2=O)S[C@@H](C)C3)cc1. The summed E-state index contributed by atoms with van der Waals surface area (Å²) in [5.74, 6) is 0.456. The average molecular weight is 416 g/mol. The van der Waals surface area contributed by atoms with Crippen LogP contribution in [0.2, 0.25) is 0 Å². The number of piperidine rings is 1. The van der Waals surface area contributed by atoms with E-state index in [1.54, 1.807) is 16.3 Å². The second-order valence-electron chi connectivity index (χ2n) is 7.51. The molecule has 1 amide bonds. The van der Waals surface area contributed by atoms with Crippen molar-refractivity contribution in [3.05, 3.63) is 45.9 Å². The van der Waals surface area contributed by atoms with Gasteiger partial charge in [0.05, 0.1) is 22.0 Å². The van der Waals surface area contributed by atoms with Crippen molar-refractivity contribution in [2.75, 3.05) is 18.8 Å². The van der Waals surface area contributed by atoms with Crippen LogP contribution >= 0.6 is 23.5 Å². The first-order chi connectivity index (χ1) is 13.5. The molecule has 28 heavy (non-hydrogen) atoms.